The van der Waals surface area contributed by atoms with E-state index in [1.807, 2.05) is 6.92 Å². The monoisotopic (exact) mass is 351 g/mol. The molecule has 24 heavy (non-hydrogen) atoms. The van der Waals surface area contributed by atoms with Crippen molar-refractivity contribution >= 4 is 28.6 Å². The maximum Gasteiger partial charge on any atom is 0.453 e. The topological polar surface area (TPSA) is 73.7 Å². The molecular formula is C16H18ClN3O4. The van der Waals surface area contributed by atoms with E-state index in [9.17, 15) is 9.59 Å². The van der Waals surface area contributed by atoms with Crippen LogP contribution in [0.2, 0.25) is 5.15 Å². The molecule has 0 bridgehead atoms. The van der Waals surface area contributed by atoms with Crippen molar-refractivity contribution in [2.75, 3.05) is 6.54 Å². The van der Waals surface area contributed by atoms with Crippen molar-refractivity contribution in [3.63, 3.8) is 0 Å². The first kappa shape index (κ1) is 16.6. The van der Waals surface area contributed by atoms with Gasteiger partial charge in [0.1, 0.15) is 10.7 Å². The number of carbonyl (C=O) groups excluding carboxylic acids is 1. The zero-order chi connectivity index (χ0) is 17.4. The summed E-state index contributed by atoms with van der Waals surface area (Å²) in [5.41, 5.74) is 0.631. The average Bonchev–Trinajstić information content (AvgIpc) is 2.96. The molecule has 0 spiro atoms. The van der Waals surface area contributed by atoms with Gasteiger partial charge in [-0.1, -0.05) is 11.6 Å². The molecule has 3 heterocycles. The van der Waals surface area contributed by atoms with Crippen LogP contribution >= 0.6 is 11.6 Å². The number of hydrogen-bond acceptors (Lipinski definition) is 5. The standard InChI is InChI=1S/C16H18ClN3O4/c1-9-5-4-8-20(9)16(22)24-23-14-10(2)18-15(17)11-6-7-12(21)19(3)13(11)14/h6-7,9H,4-5,8H2,1-3H3. The van der Waals surface area contributed by atoms with Gasteiger partial charge in [-0.15, -0.1) is 0 Å². The summed E-state index contributed by atoms with van der Waals surface area (Å²) in [7, 11) is 1.59. The fourth-order valence-corrected chi connectivity index (χ4v) is 3.22. The fraction of sp³-hybridized carbons (Fsp3) is 0.438. The first-order chi connectivity index (χ1) is 11.4. The van der Waals surface area contributed by atoms with Gasteiger partial charge in [0.25, 0.3) is 5.56 Å². The lowest BCUT2D eigenvalue weighted by molar-refractivity contribution is -0.154. The van der Waals surface area contributed by atoms with Gasteiger partial charge in [0, 0.05) is 31.1 Å². The third-order valence-electron chi connectivity index (χ3n) is 4.33. The van der Waals surface area contributed by atoms with Crippen LogP contribution < -0.4 is 10.4 Å². The molecule has 1 saturated heterocycles. The molecule has 1 aliphatic rings. The van der Waals surface area contributed by atoms with Crippen molar-refractivity contribution in [2.45, 2.75) is 32.7 Å². The van der Waals surface area contributed by atoms with Gasteiger partial charge in [0.2, 0.25) is 5.75 Å². The number of likely N-dealkylation sites (tertiary alicyclic amines) is 1. The Bertz CT molecular complexity index is 865. The molecular weight excluding hydrogens is 334 g/mol. The van der Waals surface area contributed by atoms with Crippen molar-refractivity contribution in [3.8, 4) is 5.75 Å². The van der Waals surface area contributed by atoms with Gasteiger partial charge < -0.3 is 9.47 Å². The highest BCUT2D eigenvalue weighted by molar-refractivity contribution is 6.34. The van der Waals surface area contributed by atoms with Crippen LogP contribution in [-0.4, -0.2) is 33.1 Å². The molecule has 0 aliphatic carbocycles. The molecule has 1 atom stereocenters. The lowest BCUT2D eigenvalue weighted by atomic mass is 10.2. The Balaban J connectivity index is 1.96. The van der Waals surface area contributed by atoms with Crippen molar-refractivity contribution in [2.24, 2.45) is 7.05 Å². The first-order valence-electron chi connectivity index (χ1n) is 7.71. The Hall–Kier alpha value is -2.28. The molecule has 0 aromatic carbocycles. The number of nitrogens with zero attached hydrogens (tertiary/aromatic N) is 3. The molecule has 3 rings (SSSR count). The minimum absolute atomic E-state index is 0.117. The number of aromatic nitrogens is 2. The Morgan fingerprint density at radius 3 is 2.83 bits per heavy atom. The minimum Gasteiger partial charge on any atom is -0.308 e. The summed E-state index contributed by atoms with van der Waals surface area (Å²) in [4.78, 5) is 40.2. The normalized spacial score (nSPS) is 17.3. The van der Waals surface area contributed by atoms with Crippen molar-refractivity contribution in [1.29, 1.82) is 0 Å². The summed E-state index contributed by atoms with van der Waals surface area (Å²) >= 11 is 6.15. The number of fused-ring (bicyclic) bond motifs is 1. The maximum atomic E-state index is 12.2. The van der Waals surface area contributed by atoms with E-state index in [-0.39, 0.29) is 22.5 Å². The molecule has 0 N–H and O–H groups in total. The third-order valence-corrected chi connectivity index (χ3v) is 4.62. The molecule has 7 nitrogen and oxygen atoms in total. The molecule has 1 aliphatic heterocycles. The second kappa shape index (κ2) is 6.32. The minimum atomic E-state index is -0.552. The number of halogens is 1. The predicted octanol–water partition coefficient (Wildman–Crippen LogP) is 2.81. The maximum absolute atomic E-state index is 12.2. The lowest BCUT2D eigenvalue weighted by Gasteiger charge is -2.20. The second-order valence-electron chi connectivity index (χ2n) is 5.93. The third kappa shape index (κ3) is 2.80. The Morgan fingerprint density at radius 2 is 2.17 bits per heavy atom. The van der Waals surface area contributed by atoms with Gasteiger partial charge >= 0.3 is 6.09 Å². The summed E-state index contributed by atoms with van der Waals surface area (Å²) in [5, 5.41) is 0.801. The highest BCUT2D eigenvalue weighted by Crippen LogP contribution is 2.31. The second-order valence-corrected chi connectivity index (χ2v) is 6.29. The first-order valence-corrected chi connectivity index (χ1v) is 8.09. The van der Waals surface area contributed by atoms with Crippen LogP contribution in [-0.2, 0) is 11.9 Å². The number of hydrogen-bond donors (Lipinski definition) is 0. The number of amides is 1. The van der Waals surface area contributed by atoms with Crippen molar-refractivity contribution in [3.05, 3.63) is 33.3 Å². The molecule has 8 heteroatoms. The SMILES string of the molecule is Cc1nc(Cl)c2ccc(=O)n(C)c2c1OOC(=O)N1CCCC1C. The van der Waals surface area contributed by atoms with E-state index in [4.69, 9.17) is 21.4 Å². The van der Waals surface area contributed by atoms with Gasteiger partial charge in [-0.05, 0) is 32.8 Å². The number of aryl methyl sites for hydroxylation is 2. The van der Waals surface area contributed by atoms with Crippen molar-refractivity contribution in [1.82, 2.24) is 14.5 Å². The zero-order valence-corrected chi connectivity index (χ0v) is 14.5. The van der Waals surface area contributed by atoms with Crippen LogP contribution in [0.25, 0.3) is 10.9 Å². The largest absolute Gasteiger partial charge is 0.453 e. The number of pyridine rings is 2. The molecule has 128 valence electrons. The Kier molecular flexibility index (Phi) is 4.36. The summed E-state index contributed by atoms with van der Waals surface area (Å²) < 4.78 is 1.39. The van der Waals surface area contributed by atoms with E-state index in [0.29, 0.717) is 23.1 Å². The highest BCUT2D eigenvalue weighted by atomic mass is 35.5. The highest BCUT2D eigenvalue weighted by Gasteiger charge is 2.28. The number of carbonyl (C=O) groups is 1. The summed E-state index contributed by atoms with van der Waals surface area (Å²) in [6.07, 6.45) is 1.33. The van der Waals surface area contributed by atoms with Gasteiger partial charge in [-0.25, -0.2) is 14.7 Å². The van der Waals surface area contributed by atoms with Crippen LogP contribution in [0.5, 0.6) is 5.75 Å². The van der Waals surface area contributed by atoms with E-state index in [2.05, 4.69) is 4.98 Å². The lowest BCUT2D eigenvalue weighted by Crippen LogP contribution is -2.35. The molecule has 0 radical (unpaired) electrons. The predicted molar refractivity (Wildman–Crippen MR) is 89.2 cm³/mol. The van der Waals surface area contributed by atoms with Crippen LogP contribution in [0, 0.1) is 6.92 Å². The molecule has 2 aromatic heterocycles. The quantitative estimate of drug-likeness (QED) is 0.472. The average molecular weight is 352 g/mol. The zero-order valence-electron chi connectivity index (χ0n) is 13.7. The summed E-state index contributed by atoms with van der Waals surface area (Å²) in [6.45, 7) is 4.27. The van der Waals surface area contributed by atoms with E-state index in [1.165, 1.54) is 10.6 Å². The van der Waals surface area contributed by atoms with Crippen LogP contribution in [0.1, 0.15) is 25.5 Å². The number of rotatable bonds is 2. The molecule has 1 unspecified atom stereocenters. The van der Waals surface area contributed by atoms with Crippen LogP contribution in [0.15, 0.2) is 16.9 Å². The molecule has 1 amide bonds. The van der Waals surface area contributed by atoms with Gasteiger partial charge in [0.05, 0.1) is 5.69 Å². The van der Waals surface area contributed by atoms with Gasteiger partial charge in [-0.3, -0.25) is 9.68 Å². The van der Waals surface area contributed by atoms with Gasteiger partial charge in [-0.2, -0.15) is 0 Å². The van der Waals surface area contributed by atoms with E-state index in [1.54, 1.807) is 24.9 Å². The Labute approximate surface area is 143 Å². The van der Waals surface area contributed by atoms with E-state index >= 15 is 0 Å². The van der Waals surface area contributed by atoms with Crippen LogP contribution in [0.3, 0.4) is 0 Å². The fourth-order valence-electron chi connectivity index (χ4n) is 2.94. The summed E-state index contributed by atoms with van der Waals surface area (Å²) in [5.74, 6) is 0.204. The molecule has 2 aromatic rings. The molecule has 0 saturated carbocycles. The molecule has 1 fully saturated rings. The Morgan fingerprint density at radius 1 is 1.42 bits per heavy atom. The van der Waals surface area contributed by atoms with Crippen LogP contribution in [0.4, 0.5) is 4.79 Å². The van der Waals surface area contributed by atoms with E-state index in [0.717, 1.165) is 12.8 Å². The smallest absolute Gasteiger partial charge is 0.308 e. The summed E-state index contributed by atoms with van der Waals surface area (Å²) in [6, 6.07) is 3.09. The van der Waals surface area contributed by atoms with Crippen molar-refractivity contribution < 1.29 is 14.6 Å². The van der Waals surface area contributed by atoms with Gasteiger partial charge in [0.15, 0.2) is 0 Å². The van der Waals surface area contributed by atoms with E-state index < -0.39 is 6.09 Å².